The fraction of sp³-hybridized carbons (Fsp3) is 0.846. The molecule has 0 fully saturated rings. The number of unbranched alkanes of at least 4 members (excludes halogenated alkanes) is 1. The SMILES string of the molecule is CC(C)(C)NC(CCCCN)C(=O)N[C@@H](CS)C(N)=O. The third-order valence-electron chi connectivity index (χ3n) is 2.71. The van der Waals surface area contributed by atoms with Gasteiger partial charge in [0.25, 0.3) is 0 Å². The lowest BCUT2D eigenvalue weighted by atomic mass is 10.0. The molecule has 118 valence electrons. The Morgan fingerprint density at radius 2 is 1.80 bits per heavy atom. The van der Waals surface area contributed by atoms with E-state index in [4.69, 9.17) is 11.5 Å². The van der Waals surface area contributed by atoms with Gasteiger partial charge in [-0.25, -0.2) is 0 Å². The Kier molecular flexibility index (Phi) is 8.84. The largest absolute Gasteiger partial charge is 0.368 e. The Hall–Kier alpha value is -0.790. The standard InChI is InChI=1S/C13H28N4O2S/c1-13(2,3)17-9(6-4-5-7-14)12(19)16-10(8-20)11(15)18/h9-10,17,20H,4-8,14H2,1-3H3,(H2,15,18)(H,16,19)/t9?,10-/m0/s1. The van der Waals surface area contributed by atoms with Crippen molar-refractivity contribution in [2.75, 3.05) is 12.3 Å². The van der Waals surface area contributed by atoms with Crippen LogP contribution in [0.1, 0.15) is 40.0 Å². The van der Waals surface area contributed by atoms with Crippen molar-refractivity contribution in [3.05, 3.63) is 0 Å². The molecule has 6 nitrogen and oxygen atoms in total. The number of hydrogen-bond donors (Lipinski definition) is 5. The molecule has 0 aromatic heterocycles. The number of carbonyl (C=O) groups excluding carboxylic acids is 2. The Bertz CT molecular complexity index is 318. The summed E-state index contributed by atoms with van der Waals surface area (Å²) in [6.07, 6.45) is 2.37. The number of carbonyl (C=O) groups is 2. The third-order valence-corrected chi connectivity index (χ3v) is 3.08. The van der Waals surface area contributed by atoms with Gasteiger partial charge in [-0.3, -0.25) is 9.59 Å². The number of primary amides is 1. The van der Waals surface area contributed by atoms with E-state index >= 15 is 0 Å². The molecule has 0 saturated heterocycles. The van der Waals surface area contributed by atoms with Crippen LogP contribution in [0.3, 0.4) is 0 Å². The van der Waals surface area contributed by atoms with E-state index in [9.17, 15) is 9.59 Å². The van der Waals surface area contributed by atoms with E-state index in [1.54, 1.807) is 0 Å². The lowest BCUT2D eigenvalue weighted by Crippen LogP contribution is -2.56. The maximum Gasteiger partial charge on any atom is 0.240 e. The van der Waals surface area contributed by atoms with Crippen LogP contribution in [0.4, 0.5) is 0 Å². The van der Waals surface area contributed by atoms with Crippen LogP contribution < -0.4 is 22.1 Å². The third kappa shape index (κ3) is 8.39. The molecule has 2 atom stereocenters. The molecule has 0 saturated carbocycles. The summed E-state index contributed by atoms with van der Waals surface area (Å²) in [6, 6.07) is -1.12. The highest BCUT2D eigenvalue weighted by Gasteiger charge is 2.26. The highest BCUT2D eigenvalue weighted by molar-refractivity contribution is 7.80. The van der Waals surface area contributed by atoms with Gasteiger partial charge in [0.15, 0.2) is 0 Å². The van der Waals surface area contributed by atoms with Crippen LogP contribution in [0, 0.1) is 0 Å². The van der Waals surface area contributed by atoms with Crippen LogP contribution in [0.15, 0.2) is 0 Å². The van der Waals surface area contributed by atoms with E-state index in [0.29, 0.717) is 13.0 Å². The van der Waals surface area contributed by atoms with Crippen LogP contribution >= 0.6 is 12.6 Å². The van der Waals surface area contributed by atoms with Crippen molar-refractivity contribution >= 4 is 24.4 Å². The second kappa shape index (κ2) is 9.20. The first-order valence-corrected chi connectivity index (χ1v) is 7.53. The van der Waals surface area contributed by atoms with Gasteiger partial charge in [-0.1, -0.05) is 6.42 Å². The zero-order valence-electron chi connectivity index (χ0n) is 12.6. The summed E-state index contributed by atoms with van der Waals surface area (Å²) in [5, 5.41) is 5.89. The number of nitrogens with one attached hydrogen (secondary N) is 2. The molecular formula is C13H28N4O2S. The molecule has 0 aliphatic carbocycles. The van der Waals surface area contributed by atoms with Crippen molar-refractivity contribution in [2.45, 2.75) is 57.7 Å². The number of hydrogen-bond acceptors (Lipinski definition) is 5. The van der Waals surface area contributed by atoms with Crippen LogP contribution in [0.25, 0.3) is 0 Å². The van der Waals surface area contributed by atoms with Crippen molar-refractivity contribution in [1.82, 2.24) is 10.6 Å². The van der Waals surface area contributed by atoms with Gasteiger partial charge in [-0.2, -0.15) is 12.6 Å². The lowest BCUT2D eigenvalue weighted by Gasteiger charge is -2.29. The molecule has 0 spiro atoms. The molecule has 2 amide bonds. The minimum Gasteiger partial charge on any atom is -0.368 e. The van der Waals surface area contributed by atoms with Crippen molar-refractivity contribution in [2.24, 2.45) is 11.5 Å². The topological polar surface area (TPSA) is 110 Å². The first-order valence-electron chi connectivity index (χ1n) is 6.89. The van der Waals surface area contributed by atoms with Gasteiger partial charge in [0, 0.05) is 11.3 Å². The minimum atomic E-state index is -0.746. The zero-order valence-corrected chi connectivity index (χ0v) is 13.5. The molecule has 1 unspecified atom stereocenters. The summed E-state index contributed by atoms with van der Waals surface area (Å²) < 4.78 is 0. The van der Waals surface area contributed by atoms with Gasteiger partial charge in [0.1, 0.15) is 6.04 Å². The first kappa shape index (κ1) is 19.2. The highest BCUT2D eigenvalue weighted by Crippen LogP contribution is 2.08. The molecule has 20 heavy (non-hydrogen) atoms. The van der Waals surface area contributed by atoms with E-state index in [0.717, 1.165) is 12.8 Å². The summed E-state index contributed by atoms with van der Waals surface area (Å²) in [5.41, 5.74) is 10.5. The van der Waals surface area contributed by atoms with Crippen molar-refractivity contribution in [3.63, 3.8) is 0 Å². The fourth-order valence-corrected chi connectivity index (χ4v) is 2.03. The van der Waals surface area contributed by atoms with Gasteiger partial charge in [0.2, 0.25) is 11.8 Å². The molecule has 0 aromatic rings. The summed E-state index contributed by atoms with van der Waals surface area (Å²) in [7, 11) is 0. The van der Waals surface area contributed by atoms with E-state index in [1.807, 2.05) is 20.8 Å². The summed E-state index contributed by atoms with van der Waals surface area (Å²) in [5.74, 6) is -0.619. The molecule has 0 heterocycles. The Morgan fingerprint density at radius 1 is 1.20 bits per heavy atom. The Balaban J connectivity index is 4.65. The number of thiol groups is 1. The zero-order chi connectivity index (χ0) is 15.8. The molecule has 0 aliphatic rings. The predicted octanol–water partition coefficient (Wildman–Crippen LogP) is -0.228. The average molecular weight is 304 g/mol. The fourth-order valence-electron chi connectivity index (χ4n) is 1.76. The summed E-state index contributed by atoms with van der Waals surface area (Å²) in [4.78, 5) is 23.4. The second-order valence-electron chi connectivity index (χ2n) is 5.88. The van der Waals surface area contributed by atoms with Crippen LogP contribution in [-0.4, -0.2) is 41.7 Å². The maximum atomic E-state index is 12.2. The van der Waals surface area contributed by atoms with Gasteiger partial charge >= 0.3 is 0 Å². The second-order valence-corrected chi connectivity index (χ2v) is 6.24. The molecule has 0 radical (unpaired) electrons. The van der Waals surface area contributed by atoms with Crippen molar-refractivity contribution in [1.29, 1.82) is 0 Å². The quantitative estimate of drug-likeness (QED) is 0.299. The van der Waals surface area contributed by atoms with Crippen LogP contribution in [-0.2, 0) is 9.59 Å². The van der Waals surface area contributed by atoms with E-state index < -0.39 is 11.9 Å². The van der Waals surface area contributed by atoms with Gasteiger partial charge in [-0.05, 0) is 40.2 Å². The average Bonchev–Trinajstić information content (AvgIpc) is 2.32. The minimum absolute atomic E-state index is 0.187. The molecular weight excluding hydrogens is 276 g/mol. The molecule has 0 aromatic carbocycles. The molecule has 0 aliphatic heterocycles. The summed E-state index contributed by atoms with van der Waals surface area (Å²) >= 11 is 4.02. The Morgan fingerprint density at radius 3 is 2.20 bits per heavy atom. The van der Waals surface area contributed by atoms with Gasteiger partial charge in [0.05, 0.1) is 6.04 Å². The maximum absolute atomic E-state index is 12.2. The van der Waals surface area contributed by atoms with E-state index in [-0.39, 0.29) is 23.2 Å². The van der Waals surface area contributed by atoms with Crippen molar-refractivity contribution in [3.8, 4) is 0 Å². The molecule has 0 bridgehead atoms. The van der Waals surface area contributed by atoms with Gasteiger partial charge in [-0.15, -0.1) is 0 Å². The van der Waals surface area contributed by atoms with Gasteiger partial charge < -0.3 is 22.1 Å². The first-order chi connectivity index (χ1) is 9.21. The normalized spacial score (nSPS) is 14.7. The monoisotopic (exact) mass is 304 g/mol. The molecule has 7 heteroatoms. The number of rotatable bonds is 9. The number of nitrogens with two attached hydrogens (primary N) is 2. The molecule has 6 N–H and O–H groups in total. The summed E-state index contributed by atoms with van der Waals surface area (Å²) in [6.45, 7) is 6.56. The Labute approximate surface area is 126 Å². The predicted molar refractivity (Wildman–Crippen MR) is 84.6 cm³/mol. The molecule has 0 rings (SSSR count). The van der Waals surface area contributed by atoms with Crippen LogP contribution in [0.5, 0.6) is 0 Å². The van der Waals surface area contributed by atoms with Crippen LogP contribution in [0.2, 0.25) is 0 Å². The smallest absolute Gasteiger partial charge is 0.240 e. The highest BCUT2D eigenvalue weighted by atomic mass is 32.1. The van der Waals surface area contributed by atoms with Crippen molar-refractivity contribution < 1.29 is 9.59 Å². The van der Waals surface area contributed by atoms with E-state index in [1.165, 1.54) is 0 Å². The lowest BCUT2D eigenvalue weighted by molar-refractivity contribution is -0.128. The number of amides is 2. The van der Waals surface area contributed by atoms with E-state index in [2.05, 4.69) is 23.3 Å².